The number of ether oxygens (including phenoxy) is 1. The molecule has 2 heterocycles. The minimum absolute atomic E-state index is 0.236. The van der Waals surface area contributed by atoms with Crippen LogP contribution in [0.25, 0.3) is 0 Å². The van der Waals surface area contributed by atoms with E-state index in [2.05, 4.69) is 0 Å². The molecule has 1 aromatic carbocycles. The number of fused-ring (bicyclic) bond motifs is 2. The van der Waals surface area contributed by atoms with Crippen LogP contribution in [0.3, 0.4) is 0 Å². The van der Waals surface area contributed by atoms with Crippen LogP contribution in [-0.2, 0) is 19.0 Å². The lowest BCUT2D eigenvalue weighted by atomic mass is 9.93. The average Bonchev–Trinajstić information content (AvgIpc) is 2.78. The summed E-state index contributed by atoms with van der Waals surface area (Å²) in [5.74, 6) is 0.532. The number of hydrogen-bond donors (Lipinski definition) is 0. The topological polar surface area (TPSA) is 52.6 Å². The molecule has 2 bridgehead atoms. The fraction of sp³-hybridized carbons (Fsp3) is 0.625. The molecule has 2 saturated heterocycles. The van der Waals surface area contributed by atoms with Gasteiger partial charge in [-0.3, -0.25) is 4.18 Å². The molecule has 21 heavy (non-hydrogen) atoms. The Hall–Kier alpha value is -0.910. The lowest BCUT2D eigenvalue weighted by Gasteiger charge is -2.28. The fourth-order valence-corrected chi connectivity index (χ4v) is 4.22. The van der Waals surface area contributed by atoms with E-state index in [1.165, 1.54) is 0 Å². The third-order valence-corrected chi connectivity index (χ3v) is 5.79. The summed E-state index contributed by atoms with van der Waals surface area (Å²) in [4.78, 5) is 0.236. The molecule has 2 fully saturated rings. The second kappa shape index (κ2) is 6.07. The van der Waals surface area contributed by atoms with Crippen LogP contribution in [0.5, 0.6) is 0 Å². The molecule has 4 nitrogen and oxygen atoms in total. The van der Waals surface area contributed by atoms with Crippen molar-refractivity contribution >= 4 is 10.1 Å². The van der Waals surface area contributed by atoms with Gasteiger partial charge in [-0.2, -0.15) is 8.42 Å². The van der Waals surface area contributed by atoms with Gasteiger partial charge in [0.15, 0.2) is 0 Å². The summed E-state index contributed by atoms with van der Waals surface area (Å²) >= 11 is 0. The molecule has 1 aromatic rings. The van der Waals surface area contributed by atoms with Crippen molar-refractivity contribution in [1.82, 2.24) is 0 Å². The number of rotatable bonds is 5. The highest BCUT2D eigenvalue weighted by Crippen LogP contribution is 2.37. The van der Waals surface area contributed by atoms with Gasteiger partial charge in [0.25, 0.3) is 10.1 Å². The van der Waals surface area contributed by atoms with Crippen LogP contribution in [0.1, 0.15) is 37.7 Å². The van der Waals surface area contributed by atoms with E-state index >= 15 is 0 Å². The van der Waals surface area contributed by atoms with Crippen LogP contribution in [0.4, 0.5) is 0 Å². The normalized spacial score (nSPS) is 28.7. The molecule has 0 spiro atoms. The van der Waals surface area contributed by atoms with E-state index in [4.69, 9.17) is 8.92 Å². The van der Waals surface area contributed by atoms with Gasteiger partial charge >= 0.3 is 0 Å². The van der Waals surface area contributed by atoms with Crippen molar-refractivity contribution in [2.24, 2.45) is 5.92 Å². The summed E-state index contributed by atoms with van der Waals surface area (Å²) in [6.07, 6.45) is 5.98. The molecule has 2 unspecified atom stereocenters. The quantitative estimate of drug-likeness (QED) is 0.784. The van der Waals surface area contributed by atoms with Gasteiger partial charge < -0.3 is 4.74 Å². The molecule has 0 N–H and O–H groups in total. The first-order valence-electron chi connectivity index (χ1n) is 7.64. The maximum absolute atomic E-state index is 12.1. The first kappa shape index (κ1) is 15.0. The summed E-state index contributed by atoms with van der Waals surface area (Å²) in [7, 11) is -3.62. The lowest BCUT2D eigenvalue weighted by molar-refractivity contribution is -0.0228. The molecule has 0 saturated carbocycles. The van der Waals surface area contributed by atoms with E-state index in [1.807, 2.05) is 6.92 Å². The molecular formula is C16H22O4S. The summed E-state index contributed by atoms with van der Waals surface area (Å²) in [6, 6.07) is 6.76. The Morgan fingerprint density at radius 2 is 1.76 bits per heavy atom. The van der Waals surface area contributed by atoms with Crippen LogP contribution in [0.15, 0.2) is 29.2 Å². The second-order valence-electron chi connectivity index (χ2n) is 6.17. The molecule has 3 rings (SSSR count). The van der Waals surface area contributed by atoms with Crippen LogP contribution in [0.2, 0.25) is 0 Å². The standard InChI is InChI=1S/C16H22O4S/c1-12-2-6-16(7-3-12)21(17,18)19-9-8-13-10-14-4-5-15(11-13)20-14/h2-3,6-7,13-15H,4-5,8-11H2,1H3. The highest BCUT2D eigenvalue weighted by Gasteiger charge is 2.34. The zero-order chi connectivity index (χ0) is 14.9. The third kappa shape index (κ3) is 3.65. The van der Waals surface area contributed by atoms with Crippen molar-refractivity contribution in [3.8, 4) is 0 Å². The molecule has 2 aliphatic rings. The number of benzene rings is 1. The van der Waals surface area contributed by atoms with Gasteiger partial charge in [0.05, 0.1) is 23.7 Å². The predicted octanol–water partition coefficient (Wildman–Crippen LogP) is 3.05. The van der Waals surface area contributed by atoms with Crippen LogP contribution in [-0.4, -0.2) is 27.2 Å². The van der Waals surface area contributed by atoms with E-state index in [9.17, 15) is 8.42 Å². The van der Waals surface area contributed by atoms with Gasteiger partial charge in [0, 0.05) is 0 Å². The van der Waals surface area contributed by atoms with Crippen LogP contribution >= 0.6 is 0 Å². The van der Waals surface area contributed by atoms with Gasteiger partial charge in [-0.05, 0) is 57.1 Å². The van der Waals surface area contributed by atoms with Crippen molar-refractivity contribution in [3.63, 3.8) is 0 Å². The summed E-state index contributed by atoms with van der Waals surface area (Å²) in [5.41, 5.74) is 1.03. The Morgan fingerprint density at radius 1 is 1.14 bits per heavy atom. The molecule has 0 aromatic heterocycles. The molecular weight excluding hydrogens is 288 g/mol. The fourth-order valence-electron chi connectivity index (χ4n) is 3.30. The van der Waals surface area contributed by atoms with E-state index in [1.54, 1.807) is 24.3 Å². The Morgan fingerprint density at radius 3 is 2.38 bits per heavy atom. The van der Waals surface area contributed by atoms with Gasteiger partial charge in [0.2, 0.25) is 0 Å². The maximum atomic E-state index is 12.1. The maximum Gasteiger partial charge on any atom is 0.296 e. The number of hydrogen-bond acceptors (Lipinski definition) is 4. The highest BCUT2D eigenvalue weighted by atomic mass is 32.2. The van der Waals surface area contributed by atoms with Crippen molar-refractivity contribution in [1.29, 1.82) is 0 Å². The van der Waals surface area contributed by atoms with Crippen LogP contribution in [0, 0.1) is 12.8 Å². The second-order valence-corrected chi connectivity index (χ2v) is 7.79. The molecule has 0 radical (unpaired) electrons. The van der Waals surface area contributed by atoms with Crippen molar-refractivity contribution in [3.05, 3.63) is 29.8 Å². The summed E-state index contributed by atoms with van der Waals surface area (Å²) < 4.78 is 35.1. The van der Waals surface area contributed by atoms with E-state index in [0.717, 1.165) is 37.7 Å². The van der Waals surface area contributed by atoms with E-state index < -0.39 is 10.1 Å². The van der Waals surface area contributed by atoms with Gasteiger partial charge in [0.1, 0.15) is 0 Å². The third-order valence-electron chi connectivity index (χ3n) is 4.46. The Bertz CT molecular complexity index is 567. The monoisotopic (exact) mass is 310 g/mol. The Kier molecular flexibility index (Phi) is 4.33. The lowest BCUT2D eigenvalue weighted by Crippen LogP contribution is -2.26. The minimum atomic E-state index is -3.62. The molecule has 0 aliphatic carbocycles. The van der Waals surface area contributed by atoms with Gasteiger partial charge in [-0.1, -0.05) is 17.7 Å². The van der Waals surface area contributed by atoms with Crippen LogP contribution < -0.4 is 0 Å². The van der Waals surface area contributed by atoms with Crippen molar-refractivity contribution < 1.29 is 17.3 Å². The zero-order valence-corrected chi connectivity index (χ0v) is 13.1. The van der Waals surface area contributed by atoms with Gasteiger partial charge in [-0.25, -0.2) is 0 Å². The molecule has 116 valence electrons. The molecule has 2 atom stereocenters. The predicted molar refractivity (Wildman–Crippen MR) is 79.6 cm³/mol. The van der Waals surface area contributed by atoms with Crippen molar-refractivity contribution in [2.75, 3.05) is 6.61 Å². The first-order valence-corrected chi connectivity index (χ1v) is 9.05. The van der Waals surface area contributed by atoms with Crippen molar-refractivity contribution in [2.45, 2.75) is 56.1 Å². The first-order chi connectivity index (χ1) is 10.0. The number of aryl methyl sites for hydroxylation is 1. The van der Waals surface area contributed by atoms with E-state index in [-0.39, 0.29) is 11.5 Å². The van der Waals surface area contributed by atoms with Gasteiger partial charge in [-0.15, -0.1) is 0 Å². The Labute approximate surface area is 126 Å². The minimum Gasteiger partial charge on any atom is -0.375 e. The zero-order valence-electron chi connectivity index (χ0n) is 12.3. The smallest absolute Gasteiger partial charge is 0.296 e. The summed E-state index contributed by atoms with van der Waals surface area (Å²) in [5, 5.41) is 0. The SMILES string of the molecule is Cc1ccc(S(=O)(=O)OCCC2CC3CCC(C2)O3)cc1. The molecule has 5 heteroatoms. The highest BCUT2D eigenvalue weighted by molar-refractivity contribution is 7.86. The largest absolute Gasteiger partial charge is 0.375 e. The molecule has 2 aliphatic heterocycles. The summed E-state index contributed by atoms with van der Waals surface area (Å²) in [6.45, 7) is 2.19. The molecule has 0 amide bonds. The average molecular weight is 310 g/mol. The Balaban J connectivity index is 1.51. The van der Waals surface area contributed by atoms with E-state index in [0.29, 0.717) is 18.1 Å².